The second-order valence-electron chi connectivity index (χ2n) is 22.0. The molecule has 0 N–H and O–H groups in total. The molecule has 0 saturated carbocycles. The first kappa shape index (κ1) is 49.6. The Hall–Kier alpha value is -10.4. The van der Waals surface area contributed by atoms with E-state index in [0.717, 1.165) is 121 Å². The number of fused-ring (bicyclic) bond motifs is 10. The zero-order valence-corrected chi connectivity index (χ0v) is 45.9. The standard InChI is InChI=1S/C79H54F2N2/c1-51-31-35-61(36-32-51)82(65-45-55(43-59(80)47-65)69-29-15-19-53-17-9-11-25-67(53)69)63-39-41-73-75(49-63)71-27-13-14-28-72(71)77-74-42-40-64(50-76(74)79(78(73)77,57-21-5-3-6-22-57)58-23-7-4-8-24-58)83(62-37-33-52(2)34-38-62)66-46-56(44-60(81)48-66)70-30-16-20-54-18-10-12-26-68(54)70/h3-50H,1-2H3. The highest BCUT2D eigenvalue weighted by Gasteiger charge is 2.48. The molecule has 4 heteroatoms. The summed E-state index contributed by atoms with van der Waals surface area (Å²) in [7, 11) is 0. The number of aryl methyl sites for hydroxylation is 2. The van der Waals surface area contributed by atoms with E-state index in [-0.39, 0.29) is 11.6 Å². The van der Waals surface area contributed by atoms with Crippen molar-refractivity contribution in [2.24, 2.45) is 0 Å². The number of nitrogens with zero attached hydrogens (tertiary/aromatic N) is 2. The second kappa shape index (κ2) is 20.0. The van der Waals surface area contributed by atoms with Gasteiger partial charge in [0, 0.05) is 34.1 Å². The van der Waals surface area contributed by atoms with Gasteiger partial charge in [-0.05, 0) is 198 Å². The Morgan fingerprint density at radius 3 is 1.25 bits per heavy atom. The van der Waals surface area contributed by atoms with Crippen LogP contribution in [0.3, 0.4) is 0 Å². The first-order valence-corrected chi connectivity index (χ1v) is 28.3. The second-order valence-corrected chi connectivity index (χ2v) is 22.0. The summed E-state index contributed by atoms with van der Waals surface area (Å²) in [5.41, 5.74) is 16.8. The molecule has 0 aliphatic heterocycles. The summed E-state index contributed by atoms with van der Waals surface area (Å²) in [6.45, 7) is 4.19. The molecule has 14 aromatic carbocycles. The van der Waals surface area contributed by atoms with Crippen LogP contribution >= 0.6 is 0 Å². The van der Waals surface area contributed by atoms with Gasteiger partial charge in [-0.15, -0.1) is 0 Å². The van der Waals surface area contributed by atoms with Gasteiger partial charge in [0.1, 0.15) is 11.6 Å². The Bertz CT molecular complexity index is 4790. The molecule has 0 heterocycles. The SMILES string of the molecule is Cc1ccc(N(c2cc(F)cc(-c3cccc4ccccc34)c2)c2ccc3c(c2)C(c2ccccc2)(c2ccccc2)c2c-3c3ccccc3c3cc(N(c4ccc(C)cc4)c4cc(F)cc(-c5cccc6ccccc56)c4)ccc23)cc1. The van der Waals surface area contributed by atoms with Crippen LogP contribution < -0.4 is 9.80 Å². The van der Waals surface area contributed by atoms with Gasteiger partial charge in [0.2, 0.25) is 0 Å². The lowest BCUT2D eigenvalue weighted by atomic mass is 9.66. The van der Waals surface area contributed by atoms with Crippen LogP contribution in [0.15, 0.2) is 291 Å². The third kappa shape index (κ3) is 8.28. The van der Waals surface area contributed by atoms with Crippen molar-refractivity contribution in [2.75, 3.05) is 9.80 Å². The molecule has 0 unspecified atom stereocenters. The third-order valence-electron chi connectivity index (χ3n) is 17.1. The van der Waals surface area contributed by atoms with E-state index < -0.39 is 5.41 Å². The number of halogens is 2. The van der Waals surface area contributed by atoms with Crippen LogP contribution in [0.1, 0.15) is 33.4 Å². The molecule has 15 rings (SSSR count). The van der Waals surface area contributed by atoms with E-state index in [9.17, 15) is 0 Å². The predicted octanol–water partition coefficient (Wildman–Crippen LogP) is 21.8. The third-order valence-corrected chi connectivity index (χ3v) is 17.1. The smallest absolute Gasteiger partial charge is 0.125 e. The molecule has 0 atom stereocenters. The molecule has 1 aliphatic carbocycles. The van der Waals surface area contributed by atoms with Gasteiger partial charge in [0.05, 0.1) is 5.41 Å². The Balaban J connectivity index is 0.986. The van der Waals surface area contributed by atoms with Gasteiger partial charge in [0.15, 0.2) is 0 Å². The van der Waals surface area contributed by atoms with E-state index in [2.05, 4.69) is 254 Å². The molecule has 0 aromatic heterocycles. The minimum absolute atomic E-state index is 0.317. The number of rotatable bonds is 10. The Morgan fingerprint density at radius 2 is 0.723 bits per heavy atom. The van der Waals surface area contributed by atoms with Crippen molar-refractivity contribution in [3.05, 3.63) is 336 Å². The van der Waals surface area contributed by atoms with Gasteiger partial charge in [-0.3, -0.25) is 0 Å². The minimum atomic E-state index is -0.853. The highest BCUT2D eigenvalue weighted by molar-refractivity contribution is 6.20. The van der Waals surface area contributed by atoms with Gasteiger partial charge >= 0.3 is 0 Å². The number of hydrogen-bond donors (Lipinski definition) is 0. The maximum absolute atomic E-state index is 16.6. The van der Waals surface area contributed by atoms with Crippen LogP contribution in [0.25, 0.3) is 76.5 Å². The number of benzene rings is 14. The number of hydrogen-bond acceptors (Lipinski definition) is 2. The molecule has 83 heavy (non-hydrogen) atoms. The first-order chi connectivity index (χ1) is 40.8. The fourth-order valence-electron chi connectivity index (χ4n) is 13.4. The fraction of sp³-hybridized carbons (Fsp3) is 0.0380. The Labute approximate surface area is 482 Å². The molecule has 0 bridgehead atoms. The van der Waals surface area contributed by atoms with E-state index in [0.29, 0.717) is 11.4 Å². The molecule has 0 radical (unpaired) electrons. The lowest BCUT2D eigenvalue weighted by molar-refractivity contribution is 0.628. The van der Waals surface area contributed by atoms with Crippen LogP contribution in [0.2, 0.25) is 0 Å². The van der Waals surface area contributed by atoms with Crippen molar-refractivity contribution >= 4 is 77.2 Å². The lowest BCUT2D eigenvalue weighted by Crippen LogP contribution is -2.29. The molecule has 0 spiro atoms. The Kier molecular flexibility index (Phi) is 11.9. The van der Waals surface area contributed by atoms with Crippen LogP contribution in [0.4, 0.5) is 42.9 Å². The zero-order chi connectivity index (χ0) is 55.8. The normalized spacial score (nSPS) is 12.4. The maximum Gasteiger partial charge on any atom is 0.125 e. The number of anilines is 6. The average Bonchev–Trinajstić information content (AvgIpc) is 3.13. The van der Waals surface area contributed by atoms with Crippen molar-refractivity contribution in [3.8, 4) is 33.4 Å². The molecule has 1 aliphatic rings. The van der Waals surface area contributed by atoms with Crippen LogP contribution in [-0.2, 0) is 5.41 Å². The summed E-state index contributed by atoms with van der Waals surface area (Å²) >= 11 is 0. The van der Waals surface area contributed by atoms with E-state index >= 15 is 8.78 Å². The van der Waals surface area contributed by atoms with Crippen molar-refractivity contribution < 1.29 is 8.78 Å². The molecule has 14 aromatic rings. The average molecular weight is 1070 g/mol. The summed E-state index contributed by atoms with van der Waals surface area (Å²) in [4.78, 5) is 4.40. The van der Waals surface area contributed by atoms with Crippen molar-refractivity contribution in [2.45, 2.75) is 19.3 Å². The van der Waals surface area contributed by atoms with Gasteiger partial charge in [0.25, 0.3) is 0 Å². The monoisotopic (exact) mass is 1070 g/mol. The fourth-order valence-corrected chi connectivity index (χ4v) is 13.4. The Morgan fingerprint density at radius 1 is 0.289 bits per heavy atom. The van der Waals surface area contributed by atoms with Crippen molar-refractivity contribution in [1.29, 1.82) is 0 Å². The molecular weight excluding hydrogens is 1010 g/mol. The van der Waals surface area contributed by atoms with E-state index in [1.165, 1.54) is 11.1 Å². The van der Waals surface area contributed by atoms with E-state index in [4.69, 9.17) is 0 Å². The maximum atomic E-state index is 16.6. The summed E-state index contributed by atoms with van der Waals surface area (Å²) < 4.78 is 33.1. The molecule has 394 valence electrons. The molecule has 0 saturated heterocycles. The lowest BCUT2D eigenvalue weighted by Gasteiger charge is -2.36. The van der Waals surface area contributed by atoms with Gasteiger partial charge in [-0.2, -0.15) is 0 Å². The van der Waals surface area contributed by atoms with Gasteiger partial charge < -0.3 is 9.80 Å². The molecular formula is C79H54F2N2. The highest BCUT2D eigenvalue weighted by Crippen LogP contribution is 2.61. The van der Waals surface area contributed by atoms with Crippen molar-refractivity contribution in [3.63, 3.8) is 0 Å². The van der Waals surface area contributed by atoms with Crippen molar-refractivity contribution in [1.82, 2.24) is 0 Å². The largest absolute Gasteiger partial charge is 0.310 e. The topological polar surface area (TPSA) is 6.48 Å². The summed E-state index contributed by atoms with van der Waals surface area (Å²) in [5.74, 6) is -0.636. The van der Waals surface area contributed by atoms with E-state index in [1.54, 1.807) is 24.3 Å². The van der Waals surface area contributed by atoms with Crippen LogP contribution in [0, 0.1) is 25.5 Å². The van der Waals surface area contributed by atoms with Gasteiger partial charge in [-0.1, -0.05) is 217 Å². The van der Waals surface area contributed by atoms with Crippen LogP contribution in [0.5, 0.6) is 0 Å². The first-order valence-electron chi connectivity index (χ1n) is 28.3. The van der Waals surface area contributed by atoms with Gasteiger partial charge in [-0.25, -0.2) is 8.78 Å². The van der Waals surface area contributed by atoms with E-state index in [1.807, 2.05) is 36.4 Å². The predicted molar refractivity (Wildman–Crippen MR) is 343 cm³/mol. The minimum Gasteiger partial charge on any atom is -0.310 e. The quantitative estimate of drug-likeness (QED) is 0.126. The highest BCUT2D eigenvalue weighted by atomic mass is 19.1. The molecule has 2 nitrogen and oxygen atoms in total. The summed E-state index contributed by atoms with van der Waals surface area (Å²) in [6.07, 6.45) is 0. The van der Waals surface area contributed by atoms with Crippen LogP contribution in [-0.4, -0.2) is 0 Å². The molecule has 0 fully saturated rings. The summed E-state index contributed by atoms with van der Waals surface area (Å²) in [5, 5.41) is 8.74. The zero-order valence-electron chi connectivity index (χ0n) is 45.9. The molecule has 0 amide bonds. The summed E-state index contributed by atoms with van der Waals surface area (Å²) in [6, 6.07) is 101.